The third-order valence-electron chi connectivity index (χ3n) is 3.63. The number of hydrogen-bond acceptors (Lipinski definition) is 2. The Balaban J connectivity index is 1.73. The molecule has 1 N–H and O–H groups in total. The summed E-state index contributed by atoms with van der Waals surface area (Å²) in [7, 11) is 0. The van der Waals surface area contributed by atoms with E-state index in [9.17, 15) is 4.39 Å². The molecule has 0 amide bonds. The quantitative estimate of drug-likeness (QED) is 0.861. The maximum absolute atomic E-state index is 13.8. The largest absolute Gasteiger partial charge is 0.369 e. The molecule has 1 saturated carbocycles. The van der Waals surface area contributed by atoms with Gasteiger partial charge in [0.15, 0.2) is 0 Å². The topological polar surface area (TPSA) is 15.3 Å². The zero-order valence-electron chi connectivity index (χ0n) is 10.1. The highest BCUT2D eigenvalue weighted by atomic mass is 19.1. The van der Waals surface area contributed by atoms with E-state index in [0.717, 1.165) is 25.3 Å². The molecule has 2 aliphatic rings. The molecule has 1 aliphatic carbocycles. The van der Waals surface area contributed by atoms with E-state index in [0.29, 0.717) is 6.04 Å². The number of nitrogens with one attached hydrogen (secondary N) is 1. The summed E-state index contributed by atoms with van der Waals surface area (Å²) < 4.78 is 13.8. The molecule has 0 aromatic heterocycles. The van der Waals surface area contributed by atoms with Crippen LogP contribution in [0.3, 0.4) is 0 Å². The molecule has 1 saturated heterocycles. The maximum atomic E-state index is 13.8. The fraction of sp³-hybridized carbons (Fsp3) is 0.571. The summed E-state index contributed by atoms with van der Waals surface area (Å²) in [5, 5.41) is 3.47. The maximum Gasteiger partial charge on any atom is 0.146 e. The standard InChI is InChI=1S/C14H19FN2/c15-13-6-3-11(10-16-12-4-5-12)9-14(13)17-7-1-2-8-17/h3,6,9,12,16H,1-2,4-5,7-8,10H2. The van der Waals surface area contributed by atoms with Crippen LogP contribution >= 0.6 is 0 Å². The number of anilines is 1. The summed E-state index contributed by atoms with van der Waals surface area (Å²) in [4.78, 5) is 2.16. The highest BCUT2D eigenvalue weighted by Gasteiger charge is 2.21. The Morgan fingerprint density at radius 3 is 2.71 bits per heavy atom. The molecular formula is C14H19FN2. The second-order valence-corrected chi connectivity index (χ2v) is 5.14. The van der Waals surface area contributed by atoms with Crippen molar-refractivity contribution in [3.63, 3.8) is 0 Å². The molecule has 2 nitrogen and oxygen atoms in total. The average Bonchev–Trinajstić information content (AvgIpc) is 3.01. The third-order valence-corrected chi connectivity index (χ3v) is 3.63. The lowest BCUT2D eigenvalue weighted by atomic mass is 10.1. The number of hydrogen-bond donors (Lipinski definition) is 1. The number of rotatable bonds is 4. The first-order valence-corrected chi connectivity index (χ1v) is 6.60. The van der Waals surface area contributed by atoms with Gasteiger partial charge in [-0.25, -0.2) is 4.39 Å². The van der Waals surface area contributed by atoms with E-state index >= 15 is 0 Å². The van der Waals surface area contributed by atoms with Gasteiger partial charge in [-0.2, -0.15) is 0 Å². The summed E-state index contributed by atoms with van der Waals surface area (Å²) in [6, 6.07) is 6.22. The van der Waals surface area contributed by atoms with Crippen molar-refractivity contribution < 1.29 is 4.39 Å². The summed E-state index contributed by atoms with van der Waals surface area (Å²) in [5.41, 5.74) is 1.98. The first-order chi connectivity index (χ1) is 8.33. The Labute approximate surface area is 102 Å². The molecule has 1 aromatic rings. The van der Waals surface area contributed by atoms with Crippen molar-refractivity contribution in [3.05, 3.63) is 29.6 Å². The van der Waals surface area contributed by atoms with Gasteiger partial charge in [-0.15, -0.1) is 0 Å². The molecule has 0 bridgehead atoms. The van der Waals surface area contributed by atoms with Gasteiger partial charge in [-0.3, -0.25) is 0 Å². The fourth-order valence-corrected chi connectivity index (χ4v) is 2.42. The van der Waals surface area contributed by atoms with Gasteiger partial charge in [0, 0.05) is 25.7 Å². The van der Waals surface area contributed by atoms with Crippen LogP contribution in [-0.2, 0) is 6.54 Å². The van der Waals surface area contributed by atoms with Gasteiger partial charge in [0.25, 0.3) is 0 Å². The van der Waals surface area contributed by atoms with Crippen LogP contribution < -0.4 is 10.2 Å². The third kappa shape index (κ3) is 2.60. The first kappa shape index (κ1) is 11.0. The van der Waals surface area contributed by atoms with E-state index in [-0.39, 0.29) is 5.82 Å². The van der Waals surface area contributed by atoms with Crippen molar-refractivity contribution in [2.24, 2.45) is 0 Å². The van der Waals surface area contributed by atoms with Crippen LogP contribution in [0, 0.1) is 5.82 Å². The van der Waals surface area contributed by atoms with Crippen molar-refractivity contribution in [1.29, 1.82) is 0 Å². The smallest absolute Gasteiger partial charge is 0.146 e. The van der Waals surface area contributed by atoms with Crippen LogP contribution in [0.2, 0.25) is 0 Å². The molecule has 1 aliphatic heterocycles. The van der Waals surface area contributed by atoms with E-state index < -0.39 is 0 Å². The van der Waals surface area contributed by atoms with Crippen LogP contribution in [0.15, 0.2) is 18.2 Å². The fourth-order valence-electron chi connectivity index (χ4n) is 2.42. The van der Waals surface area contributed by atoms with Gasteiger partial charge < -0.3 is 10.2 Å². The van der Waals surface area contributed by atoms with E-state index in [1.165, 1.54) is 31.2 Å². The van der Waals surface area contributed by atoms with Crippen LogP contribution in [0.1, 0.15) is 31.2 Å². The Hall–Kier alpha value is -1.09. The zero-order valence-corrected chi connectivity index (χ0v) is 10.1. The molecule has 0 atom stereocenters. The van der Waals surface area contributed by atoms with E-state index in [4.69, 9.17) is 0 Å². The zero-order chi connectivity index (χ0) is 11.7. The minimum Gasteiger partial charge on any atom is -0.369 e. The Morgan fingerprint density at radius 2 is 2.00 bits per heavy atom. The molecule has 1 heterocycles. The molecule has 17 heavy (non-hydrogen) atoms. The van der Waals surface area contributed by atoms with Crippen LogP contribution in [0.25, 0.3) is 0 Å². The second kappa shape index (κ2) is 4.65. The lowest BCUT2D eigenvalue weighted by molar-refractivity contribution is 0.620. The van der Waals surface area contributed by atoms with Gasteiger partial charge >= 0.3 is 0 Å². The van der Waals surface area contributed by atoms with Crippen molar-refractivity contribution in [2.75, 3.05) is 18.0 Å². The van der Waals surface area contributed by atoms with Gasteiger partial charge in [-0.05, 0) is 43.4 Å². The highest BCUT2D eigenvalue weighted by Crippen LogP contribution is 2.25. The van der Waals surface area contributed by atoms with Crippen molar-refractivity contribution in [2.45, 2.75) is 38.3 Å². The SMILES string of the molecule is Fc1ccc(CNC2CC2)cc1N1CCCC1. The number of benzene rings is 1. The van der Waals surface area contributed by atoms with Crippen molar-refractivity contribution in [1.82, 2.24) is 5.32 Å². The summed E-state index contributed by atoms with van der Waals surface area (Å²) in [6.07, 6.45) is 4.95. The predicted octanol–water partition coefficient (Wildman–Crippen LogP) is 2.68. The van der Waals surface area contributed by atoms with Crippen LogP contribution in [-0.4, -0.2) is 19.1 Å². The minimum atomic E-state index is -0.0814. The van der Waals surface area contributed by atoms with Crippen LogP contribution in [0.5, 0.6) is 0 Å². The molecule has 3 heteroatoms. The van der Waals surface area contributed by atoms with Gasteiger partial charge in [0.05, 0.1) is 5.69 Å². The van der Waals surface area contributed by atoms with Crippen LogP contribution in [0.4, 0.5) is 10.1 Å². The first-order valence-electron chi connectivity index (χ1n) is 6.60. The van der Waals surface area contributed by atoms with E-state index in [2.05, 4.69) is 10.2 Å². The molecule has 1 aromatic carbocycles. The molecular weight excluding hydrogens is 215 g/mol. The molecule has 0 radical (unpaired) electrons. The summed E-state index contributed by atoms with van der Waals surface area (Å²) in [5.74, 6) is -0.0814. The Morgan fingerprint density at radius 1 is 1.24 bits per heavy atom. The highest BCUT2D eigenvalue weighted by molar-refractivity contribution is 5.50. The van der Waals surface area contributed by atoms with E-state index in [1.807, 2.05) is 12.1 Å². The average molecular weight is 234 g/mol. The Kier molecular flexibility index (Phi) is 3.02. The minimum absolute atomic E-state index is 0.0814. The molecule has 0 spiro atoms. The lowest BCUT2D eigenvalue weighted by Crippen LogP contribution is -2.20. The van der Waals surface area contributed by atoms with E-state index in [1.54, 1.807) is 6.07 Å². The summed E-state index contributed by atoms with van der Waals surface area (Å²) >= 11 is 0. The van der Waals surface area contributed by atoms with Gasteiger partial charge in [-0.1, -0.05) is 6.07 Å². The van der Waals surface area contributed by atoms with Gasteiger partial charge in [0.2, 0.25) is 0 Å². The normalized spacial score (nSPS) is 19.9. The number of nitrogens with zero attached hydrogens (tertiary/aromatic N) is 1. The molecule has 0 unspecified atom stereocenters. The van der Waals surface area contributed by atoms with Crippen molar-refractivity contribution in [3.8, 4) is 0 Å². The second-order valence-electron chi connectivity index (χ2n) is 5.14. The van der Waals surface area contributed by atoms with Gasteiger partial charge in [0.1, 0.15) is 5.82 Å². The summed E-state index contributed by atoms with van der Waals surface area (Å²) in [6.45, 7) is 2.86. The predicted molar refractivity (Wildman–Crippen MR) is 67.7 cm³/mol. The lowest BCUT2D eigenvalue weighted by Gasteiger charge is -2.19. The number of halogens is 1. The van der Waals surface area contributed by atoms with Crippen molar-refractivity contribution >= 4 is 5.69 Å². The molecule has 3 rings (SSSR count). The Bertz CT molecular complexity index is 395. The monoisotopic (exact) mass is 234 g/mol. The molecule has 2 fully saturated rings. The molecule has 92 valence electrons.